The van der Waals surface area contributed by atoms with Gasteiger partial charge >= 0.3 is 40.4 Å². The Morgan fingerprint density at radius 1 is 0.373 bits per heavy atom. The molecule has 0 spiro atoms. The molecule has 0 aromatic carbocycles. The molecule has 720 valence electrons. The molecule has 12 aromatic heterocycles. The fourth-order valence-corrected chi connectivity index (χ4v) is 24.9. The van der Waals surface area contributed by atoms with Crippen LogP contribution in [-0.4, -0.2) is 281 Å². The van der Waals surface area contributed by atoms with Gasteiger partial charge in [-0.2, -0.15) is 15.0 Å². The number of aromatic amines is 3. The molecule has 70 heteroatoms. The lowest BCUT2D eigenvalue weighted by Crippen LogP contribution is -2.36. The average Bonchev–Trinajstić information content (AvgIpc) is 1.58. The number of nitrogens with one attached hydrogen (secondary N) is 3. The predicted molar refractivity (Wildman–Crippen MR) is 476 cm³/mol. The Morgan fingerprint density at radius 2 is 0.724 bits per heavy atom. The summed E-state index contributed by atoms with van der Waals surface area (Å²) >= 11 is 30.2. The number of anilines is 6. The largest absolute Gasteiger partial charge is 0.398 e. The van der Waals surface area contributed by atoms with Gasteiger partial charge in [0, 0.05) is 42.3 Å². The van der Waals surface area contributed by atoms with Gasteiger partial charge in [-0.3, -0.25) is 79.3 Å². The minimum absolute atomic E-state index is 0.000451. The number of ether oxygens (including phenoxy) is 6. The number of pyridine rings is 3. The molecule has 9 saturated heterocycles. The van der Waals surface area contributed by atoms with Crippen molar-refractivity contribution in [3.05, 3.63) is 112 Å². The number of H-pyrrole nitrogens is 3. The quantitative estimate of drug-likeness (QED) is 0.0763. The normalized spacial score (nSPS) is 37.3. The highest BCUT2D eigenvalue weighted by atomic mass is 32.7. The number of halogens is 2. The molecule has 0 saturated carbocycles. The molecular weight excluding hydrogens is 2030 g/mol. The van der Waals surface area contributed by atoms with E-state index in [0.717, 1.165) is 0 Å². The van der Waals surface area contributed by atoms with Crippen molar-refractivity contribution in [1.29, 1.82) is 0 Å². The topological polar surface area (TPSA) is 771 Å². The summed E-state index contributed by atoms with van der Waals surface area (Å²) in [6.45, 7) is -28.3. The van der Waals surface area contributed by atoms with E-state index in [-0.39, 0.29) is 75.7 Å². The third-order valence-electron chi connectivity index (χ3n) is 22.2. The zero-order valence-corrected chi connectivity index (χ0v) is 77.6. The smallest absolute Gasteiger partial charge is 0.386 e. The Balaban J connectivity index is 0.000000129. The fraction of sp³-hybridized carbons (Fsp3) is 0.469. The molecule has 23 N–H and O–H groups in total. The summed E-state index contributed by atoms with van der Waals surface area (Å²) in [5, 5.41) is 34.2. The number of hydrogen-bond donors (Lipinski definition) is 18. The fourth-order valence-electron chi connectivity index (χ4n) is 16.2. The number of aliphatic hydroxyl groups is 3. The maximum atomic E-state index is 16.0. The van der Waals surface area contributed by atoms with Gasteiger partial charge in [0.1, 0.15) is 102 Å². The van der Waals surface area contributed by atoms with Gasteiger partial charge in [0.05, 0.1) is 88.8 Å². The Labute approximate surface area is 775 Å². The minimum Gasteiger partial charge on any atom is -0.398 e. The molecule has 21 heterocycles. The summed E-state index contributed by atoms with van der Waals surface area (Å²) in [6, 6.07) is 6.41. The molecule has 9 aliphatic heterocycles. The number of nitrogen functional groups attached to an aromatic ring is 6. The molecule has 9 aliphatic rings. The van der Waals surface area contributed by atoms with Crippen LogP contribution in [0.2, 0.25) is 0 Å². The predicted octanol–water partition coefficient (Wildman–Crippen LogP) is -0.101. The molecule has 11 unspecified atom stereocenters. The van der Waals surface area contributed by atoms with Gasteiger partial charge in [0.15, 0.2) is 94.5 Å². The van der Waals surface area contributed by atoms with Crippen molar-refractivity contribution in [3.8, 4) is 0 Å². The maximum absolute atomic E-state index is 16.0. The minimum atomic E-state index is -4.39. The van der Waals surface area contributed by atoms with E-state index in [0.29, 0.717) is 39.1 Å². The number of nitrogens with two attached hydrogens (primary N) is 6. The molecule has 134 heavy (non-hydrogen) atoms. The highest BCUT2D eigenvalue weighted by Gasteiger charge is 2.58. The molecule has 29 atom stereocenters. The summed E-state index contributed by atoms with van der Waals surface area (Å²) in [5.74, 6) is -0.594. The summed E-state index contributed by atoms with van der Waals surface area (Å²) in [5.41, 5.74) is 35.7. The van der Waals surface area contributed by atoms with Gasteiger partial charge in [0.2, 0.25) is 17.8 Å². The van der Waals surface area contributed by atoms with Crippen LogP contribution >= 0.6 is 52.6 Å². The Hall–Kier alpha value is -7.57. The van der Waals surface area contributed by atoms with E-state index >= 15 is 8.78 Å². The molecular formula is C64H74F2N26O30P6S6. The maximum Gasteiger partial charge on any atom is 0.386 e. The highest BCUT2D eigenvalue weighted by Crippen LogP contribution is 2.61. The van der Waals surface area contributed by atoms with Crippen LogP contribution in [0.4, 0.5) is 43.7 Å². The van der Waals surface area contributed by atoms with Crippen LogP contribution in [0, 0.1) is 0 Å². The van der Waals surface area contributed by atoms with Gasteiger partial charge in [-0.15, -0.1) is 0 Å². The number of aromatic nitrogens is 20. The Bertz CT molecular complexity index is 6820. The van der Waals surface area contributed by atoms with E-state index < -0.39 is 231 Å². The number of aliphatic hydroxyl groups excluding tert-OH is 3. The second-order valence-corrected chi connectivity index (χ2v) is 47.6. The van der Waals surface area contributed by atoms with E-state index in [1.807, 2.05) is 0 Å². The van der Waals surface area contributed by atoms with Gasteiger partial charge in [-0.05, 0) is 83.3 Å². The van der Waals surface area contributed by atoms with E-state index in [9.17, 15) is 58.7 Å². The van der Waals surface area contributed by atoms with Crippen LogP contribution in [-0.2, 0) is 146 Å². The molecule has 0 aliphatic carbocycles. The zero-order chi connectivity index (χ0) is 94.6. The number of fused-ring (bicyclic) bond motifs is 15. The van der Waals surface area contributed by atoms with Crippen molar-refractivity contribution in [1.82, 2.24) is 97.2 Å². The van der Waals surface area contributed by atoms with Crippen molar-refractivity contribution in [3.63, 3.8) is 0 Å². The van der Waals surface area contributed by atoms with Gasteiger partial charge in [0.25, 0.3) is 16.7 Å². The number of hydrogen-bond acceptors (Lipinski definition) is 47. The molecule has 12 aromatic rings. The van der Waals surface area contributed by atoms with E-state index in [1.165, 1.54) is 85.2 Å². The van der Waals surface area contributed by atoms with Gasteiger partial charge in [-0.25, -0.2) is 53.2 Å². The first kappa shape index (κ1) is 95.4. The third kappa shape index (κ3) is 18.7. The lowest BCUT2D eigenvalue weighted by molar-refractivity contribution is -0.0602. The summed E-state index contributed by atoms with van der Waals surface area (Å²) < 4.78 is 157. The molecule has 56 nitrogen and oxygen atoms in total. The van der Waals surface area contributed by atoms with E-state index in [2.05, 4.69) is 82.0 Å². The number of nitrogens with zero attached hydrogens (tertiary/aromatic N) is 17. The van der Waals surface area contributed by atoms with Crippen molar-refractivity contribution in [2.75, 3.05) is 74.0 Å². The Morgan fingerprint density at radius 3 is 1.19 bits per heavy atom. The highest BCUT2D eigenvalue weighted by molar-refractivity contribution is 8.44. The second kappa shape index (κ2) is 36.6. The van der Waals surface area contributed by atoms with E-state index in [4.69, 9.17) is 176 Å². The van der Waals surface area contributed by atoms with Crippen LogP contribution in [0.15, 0.2) is 95.1 Å². The number of imidazole rings is 5. The molecule has 9 fully saturated rings. The first-order valence-electron chi connectivity index (χ1n) is 39.2. The van der Waals surface area contributed by atoms with Crippen LogP contribution in [0.3, 0.4) is 0 Å². The monoisotopic (exact) mass is 2100 g/mol. The lowest BCUT2D eigenvalue weighted by Gasteiger charge is -2.28. The number of thiol groups is 1. The van der Waals surface area contributed by atoms with Crippen molar-refractivity contribution < 1.29 is 136 Å². The van der Waals surface area contributed by atoms with Gasteiger partial charge in [-0.1, -0.05) is 12.2 Å². The molecule has 0 amide bonds. The van der Waals surface area contributed by atoms with Crippen LogP contribution in [0.1, 0.15) is 43.8 Å². The van der Waals surface area contributed by atoms with Crippen molar-refractivity contribution in [2.24, 2.45) is 0 Å². The SMILES string of the molecule is Nc1nc2c(ncn2[C@@H]2OC3COP(O)(=S)O[C@H]4[C@@H](O)[C@H](n5ccc6c(N)ccnc65)O[C@@H]4COP(O)(=S)O[C@@H]2C3)c(=O)[nH]1.Nc1nc2c(ncn2[C@@H]2O[C@@H]3COP(=O)(S)O[C@@H]4C(F)[C@H](n5cnc6c(N)ccnc65)O[C@@H]4COP(O)(=S)OC2[C@H]3O)c(=O)[nH]1.Nc1nc2c(ncn2[C@@H]2O[C@@H]3COP(O)(=S)OC4C(F)[C@H](n5cnc6c(N)ccnc65)O[C@@H]4COP(O)(=S)O[C@@H]2[C@H]3O)c(=O)[nH]1. The average molecular weight is 2100 g/mol. The number of alkyl halides is 2. The number of rotatable bonds is 6. The Kier molecular flexibility index (Phi) is 26.0. The van der Waals surface area contributed by atoms with Gasteiger partial charge < -0.3 is 134 Å². The van der Waals surface area contributed by atoms with Crippen LogP contribution < -0.4 is 51.1 Å². The van der Waals surface area contributed by atoms with Crippen molar-refractivity contribution >= 4 is 213 Å². The van der Waals surface area contributed by atoms with Crippen LogP contribution in [0.5, 0.6) is 0 Å². The zero-order valence-electron chi connectivity index (χ0n) is 67.3. The molecule has 0 radical (unpaired) electrons. The standard InChI is InChI=1S/C22H26N8O10P2S2.2C21H24FN9O10P2S2/c23-11-1-3-25-17-10(11)2-4-29(17)21-15(31)16-13(38-21)7-36-41(33,43)39-12-5-9(6-35-42(34,44)40-16)37-20(12)30-8-26-14-18(30)27-22(24)28-19(14)32;2*22-10-14-9(39-19(10)30-5-26-11-7(23)1-2-25-16(11)30)4-37-43(35,45)41-15-13(32)8(3-36-42(34,44)40-14)38-20(15)31-6-27-12-17(31)28-21(24)29-18(12)33/h1-4,8-9,12-13,15-16,20-21,31H,5-7H2,(H2,23,25)(H,33,43)(H,34,44)(H3,24,27,28,32);2*1-2,5-6,8-10,13-15,19-20,32H,3-4H2,(H2,23,25)(H,34,44)(H,35,45)(H3,24,28,29,33)/t9?,12-,13-,15-,16-,20-,21-,41?,42?;8-,9-,10?,13+,14?,15-,19-,20-,42?,43?;8-,9-,10?,13+,14+,15?,19-,20-,42?,43?/m111/s1. The molecule has 21 rings (SSSR count). The lowest BCUT2D eigenvalue weighted by atomic mass is 10.1. The van der Waals surface area contributed by atoms with E-state index in [1.54, 1.807) is 22.9 Å². The third-order valence-corrected chi connectivity index (χ3v) is 31.7. The summed E-state index contributed by atoms with van der Waals surface area (Å²) in [6.07, 6.45) is -19.1. The first-order valence-corrected chi connectivity index (χ1v) is 54.9. The van der Waals surface area contributed by atoms with Crippen molar-refractivity contribution in [2.45, 2.75) is 148 Å². The first-order chi connectivity index (χ1) is 63.5. The molecule has 6 bridgehead atoms. The second-order valence-electron chi connectivity index (χ2n) is 30.8. The summed E-state index contributed by atoms with van der Waals surface area (Å²) in [7, 11) is 0. The summed E-state index contributed by atoms with van der Waals surface area (Å²) in [4.78, 5) is 145. The van der Waals surface area contributed by atoms with Crippen LogP contribution in [0.25, 0.3) is 66.9 Å².